The van der Waals surface area contributed by atoms with Crippen LogP contribution in [0.1, 0.15) is 0 Å². The second kappa shape index (κ2) is 4.31. The average molecular weight is 200 g/mol. The summed E-state index contributed by atoms with van der Waals surface area (Å²) >= 11 is 1.08. The van der Waals surface area contributed by atoms with Crippen molar-refractivity contribution in [2.45, 2.75) is 0 Å². The summed E-state index contributed by atoms with van der Waals surface area (Å²) in [5.74, 6) is -1.03. The van der Waals surface area contributed by atoms with Crippen LogP contribution in [0.3, 0.4) is 0 Å². The fourth-order valence-electron chi connectivity index (χ4n) is 0.550. The van der Waals surface area contributed by atoms with E-state index in [0.717, 1.165) is 11.3 Å². The quantitative estimate of drug-likeness (QED) is 0.414. The lowest BCUT2D eigenvalue weighted by atomic mass is 10.7. The third-order valence-electron chi connectivity index (χ3n) is 0.967. The molecule has 0 saturated heterocycles. The molecule has 1 aromatic heterocycles. The molecule has 1 heterocycles. The predicted molar refractivity (Wildman–Crippen MR) is 43.5 cm³/mol. The van der Waals surface area contributed by atoms with Crippen LogP contribution in [0.25, 0.3) is 0 Å². The van der Waals surface area contributed by atoms with Crippen molar-refractivity contribution in [1.29, 1.82) is 0 Å². The van der Waals surface area contributed by atoms with E-state index in [1.165, 1.54) is 5.38 Å². The number of aldehydes is 1. The number of carbonyl (C=O) groups excluding carboxylic acids is 3. The van der Waals surface area contributed by atoms with E-state index in [9.17, 15) is 14.4 Å². The Morgan fingerprint density at radius 2 is 2.38 bits per heavy atom. The molecule has 0 unspecified atom stereocenters. The fraction of sp³-hybridized carbons (Fsp3) is 0. The van der Waals surface area contributed by atoms with Crippen LogP contribution in [-0.4, -0.2) is 23.6 Å². The van der Waals surface area contributed by atoms with Crippen LogP contribution in [0.2, 0.25) is 0 Å². The number of esters is 1. The lowest BCUT2D eigenvalue weighted by Gasteiger charge is -1.91. The third kappa shape index (κ3) is 2.64. The zero-order valence-corrected chi connectivity index (χ0v) is 7.04. The molecule has 1 amide bonds. The van der Waals surface area contributed by atoms with Gasteiger partial charge in [-0.2, -0.15) is 4.98 Å². The van der Waals surface area contributed by atoms with Gasteiger partial charge in [0.25, 0.3) is 0 Å². The second-order valence-electron chi connectivity index (χ2n) is 1.79. The van der Waals surface area contributed by atoms with Crippen LogP contribution in [0.15, 0.2) is 5.38 Å². The number of hydrogen-bond acceptors (Lipinski definition) is 6. The molecule has 68 valence electrons. The zero-order valence-electron chi connectivity index (χ0n) is 6.22. The van der Waals surface area contributed by atoms with Gasteiger partial charge in [0.15, 0.2) is 5.13 Å². The standard InChI is InChI=1S/C6H4N2O4S/c9-1-5(11)12-4-2-13-6(8-4)7-3-10/h1-3H,(H,7,8,10). The Morgan fingerprint density at radius 3 is 3.00 bits per heavy atom. The number of nitrogens with one attached hydrogen (secondary N) is 1. The smallest absolute Gasteiger partial charge is 0.378 e. The first-order chi connectivity index (χ1) is 6.26. The normalized spacial score (nSPS) is 8.92. The maximum atomic E-state index is 10.4. The first kappa shape index (κ1) is 9.33. The topological polar surface area (TPSA) is 85.4 Å². The number of thiazole rings is 1. The maximum absolute atomic E-state index is 10.4. The highest BCUT2D eigenvalue weighted by Crippen LogP contribution is 2.20. The lowest BCUT2D eigenvalue weighted by Crippen LogP contribution is -2.08. The Morgan fingerprint density at radius 1 is 1.62 bits per heavy atom. The summed E-state index contributed by atoms with van der Waals surface area (Å²) in [6.45, 7) is 0. The maximum Gasteiger partial charge on any atom is 0.378 e. The van der Waals surface area contributed by atoms with Gasteiger partial charge in [0.2, 0.25) is 18.6 Å². The molecule has 0 fully saturated rings. The molecule has 6 nitrogen and oxygen atoms in total. The van der Waals surface area contributed by atoms with E-state index >= 15 is 0 Å². The van der Waals surface area contributed by atoms with Gasteiger partial charge in [0.05, 0.1) is 5.38 Å². The van der Waals surface area contributed by atoms with Gasteiger partial charge < -0.3 is 10.1 Å². The Labute approximate surface area is 76.5 Å². The molecule has 0 atom stereocenters. The van der Waals surface area contributed by atoms with Gasteiger partial charge in [-0.1, -0.05) is 0 Å². The highest BCUT2D eigenvalue weighted by molar-refractivity contribution is 7.14. The van der Waals surface area contributed by atoms with Crippen LogP contribution >= 0.6 is 11.3 Å². The van der Waals surface area contributed by atoms with E-state index in [0.29, 0.717) is 11.5 Å². The van der Waals surface area contributed by atoms with Crippen LogP contribution in [0.4, 0.5) is 5.13 Å². The van der Waals surface area contributed by atoms with Crippen molar-refractivity contribution >= 4 is 35.1 Å². The Balaban J connectivity index is 2.63. The van der Waals surface area contributed by atoms with Crippen molar-refractivity contribution in [3.63, 3.8) is 0 Å². The van der Waals surface area contributed by atoms with Gasteiger partial charge >= 0.3 is 5.97 Å². The molecule has 0 aliphatic carbocycles. The molecular formula is C6H4N2O4S. The van der Waals surface area contributed by atoms with Crippen LogP contribution in [0.5, 0.6) is 5.88 Å². The van der Waals surface area contributed by atoms with Gasteiger partial charge in [0, 0.05) is 0 Å². The molecule has 0 aliphatic heterocycles. The van der Waals surface area contributed by atoms with Crippen molar-refractivity contribution in [3.8, 4) is 5.88 Å². The minimum absolute atomic E-state index is 0.00792. The summed E-state index contributed by atoms with van der Waals surface area (Å²) in [4.78, 5) is 33.9. The molecule has 0 spiro atoms. The predicted octanol–water partition coefficient (Wildman–Crippen LogP) is -0.184. The van der Waals surface area contributed by atoms with E-state index in [-0.39, 0.29) is 12.2 Å². The lowest BCUT2D eigenvalue weighted by molar-refractivity contribution is -0.141. The number of anilines is 1. The Kier molecular flexibility index (Phi) is 3.09. The van der Waals surface area contributed by atoms with Crippen LogP contribution in [-0.2, 0) is 14.4 Å². The molecule has 1 rings (SSSR count). The number of rotatable bonds is 4. The van der Waals surface area contributed by atoms with E-state index in [4.69, 9.17) is 0 Å². The minimum Gasteiger partial charge on any atom is -0.401 e. The third-order valence-corrected chi connectivity index (χ3v) is 1.72. The minimum atomic E-state index is -1.03. The van der Waals surface area contributed by atoms with Gasteiger partial charge in [-0.25, -0.2) is 4.79 Å². The summed E-state index contributed by atoms with van der Waals surface area (Å²) in [6, 6.07) is 0. The molecule has 0 saturated carbocycles. The SMILES string of the molecule is O=CNc1nc(OC(=O)C=O)cs1. The van der Waals surface area contributed by atoms with E-state index < -0.39 is 5.97 Å². The molecule has 1 aromatic rings. The first-order valence-electron chi connectivity index (χ1n) is 3.09. The van der Waals surface area contributed by atoms with Gasteiger partial charge in [-0.3, -0.25) is 9.59 Å². The summed E-state index contributed by atoms with van der Waals surface area (Å²) in [7, 11) is 0. The zero-order chi connectivity index (χ0) is 9.68. The molecule has 0 radical (unpaired) electrons. The number of amides is 1. The molecule has 7 heteroatoms. The highest BCUT2D eigenvalue weighted by atomic mass is 32.1. The number of hydrogen-bond donors (Lipinski definition) is 1. The van der Waals surface area contributed by atoms with E-state index in [1.54, 1.807) is 0 Å². The first-order valence-corrected chi connectivity index (χ1v) is 3.97. The summed E-state index contributed by atoms with van der Waals surface area (Å²) < 4.78 is 4.43. The molecule has 0 aliphatic rings. The van der Waals surface area contributed by atoms with Gasteiger partial charge in [0.1, 0.15) is 0 Å². The molecule has 0 bridgehead atoms. The molecular weight excluding hydrogens is 196 g/mol. The van der Waals surface area contributed by atoms with Gasteiger partial charge in [-0.05, 0) is 0 Å². The van der Waals surface area contributed by atoms with Gasteiger partial charge in [-0.15, -0.1) is 11.3 Å². The monoisotopic (exact) mass is 200 g/mol. The average Bonchev–Trinajstić information content (AvgIpc) is 2.53. The van der Waals surface area contributed by atoms with Crippen molar-refractivity contribution < 1.29 is 19.1 Å². The Bertz CT molecular complexity index is 335. The summed E-state index contributed by atoms with van der Waals surface area (Å²) in [6.07, 6.45) is 0.482. The highest BCUT2D eigenvalue weighted by Gasteiger charge is 2.06. The van der Waals surface area contributed by atoms with Crippen LogP contribution in [0, 0.1) is 0 Å². The Hall–Kier alpha value is -1.76. The summed E-state index contributed by atoms with van der Waals surface area (Å²) in [5.41, 5.74) is 0. The fourth-order valence-corrected chi connectivity index (χ4v) is 1.12. The number of aromatic nitrogens is 1. The van der Waals surface area contributed by atoms with Crippen molar-refractivity contribution in [2.24, 2.45) is 0 Å². The number of ether oxygens (including phenoxy) is 1. The largest absolute Gasteiger partial charge is 0.401 e. The number of carbonyl (C=O) groups is 3. The second-order valence-corrected chi connectivity index (χ2v) is 2.65. The van der Waals surface area contributed by atoms with Crippen LogP contribution < -0.4 is 10.1 Å². The van der Waals surface area contributed by atoms with Crippen molar-refractivity contribution in [1.82, 2.24) is 4.98 Å². The molecule has 1 N–H and O–H groups in total. The summed E-state index contributed by atoms with van der Waals surface area (Å²) in [5, 5.41) is 3.96. The van der Waals surface area contributed by atoms with Crippen molar-refractivity contribution in [2.75, 3.05) is 5.32 Å². The molecule has 13 heavy (non-hydrogen) atoms. The molecule has 0 aromatic carbocycles. The van der Waals surface area contributed by atoms with E-state index in [1.807, 2.05) is 0 Å². The number of nitrogens with zero attached hydrogens (tertiary/aromatic N) is 1. The van der Waals surface area contributed by atoms with E-state index in [2.05, 4.69) is 15.0 Å². The van der Waals surface area contributed by atoms with Crippen molar-refractivity contribution in [3.05, 3.63) is 5.38 Å².